The van der Waals surface area contributed by atoms with Gasteiger partial charge >= 0.3 is 0 Å². The SMILES string of the molecule is C/C=C\C.C=C(C)CC. The molecule has 0 aromatic heterocycles. The number of allylic oxidation sites excluding steroid dienone is 3. The van der Waals surface area contributed by atoms with E-state index in [1.807, 2.05) is 32.9 Å². The molecular weight excluding hydrogens is 108 g/mol. The second-order valence-electron chi connectivity index (χ2n) is 1.98. The zero-order chi connectivity index (χ0) is 7.70. The number of hydrogen-bond acceptors (Lipinski definition) is 0. The van der Waals surface area contributed by atoms with Crippen LogP contribution in [0.5, 0.6) is 0 Å². The normalized spacial score (nSPS) is 8.44. The molecule has 0 saturated carbocycles. The molecule has 0 aliphatic carbocycles. The van der Waals surface area contributed by atoms with E-state index in [0.717, 1.165) is 6.42 Å². The van der Waals surface area contributed by atoms with E-state index in [0.29, 0.717) is 0 Å². The van der Waals surface area contributed by atoms with Crippen LogP contribution in [0.3, 0.4) is 0 Å². The van der Waals surface area contributed by atoms with Gasteiger partial charge < -0.3 is 0 Å². The Morgan fingerprint density at radius 1 is 1.33 bits per heavy atom. The fraction of sp³-hybridized carbons (Fsp3) is 0.556. The Morgan fingerprint density at radius 3 is 1.56 bits per heavy atom. The third-order valence-electron chi connectivity index (χ3n) is 0.937. The Hall–Kier alpha value is -0.520. The first-order valence-electron chi connectivity index (χ1n) is 3.40. The summed E-state index contributed by atoms with van der Waals surface area (Å²) in [6.45, 7) is 11.8. The highest BCUT2D eigenvalue weighted by atomic mass is 13.7. The van der Waals surface area contributed by atoms with Gasteiger partial charge in [0.15, 0.2) is 0 Å². The molecule has 54 valence electrons. The first-order chi connectivity index (χ1) is 4.18. The van der Waals surface area contributed by atoms with Gasteiger partial charge in [0, 0.05) is 0 Å². The zero-order valence-corrected chi connectivity index (χ0v) is 7.07. The highest BCUT2D eigenvalue weighted by molar-refractivity contribution is 4.84. The van der Waals surface area contributed by atoms with E-state index < -0.39 is 0 Å². The minimum absolute atomic E-state index is 1.11. The Morgan fingerprint density at radius 2 is 1.56 bits per heavy atom. The first-order valence-corrected chi connectivity index (χ1v) is 3.40. The summed E-state index contributed by atoms with van der Waals surface area (Å²) >= 11 is 0. The summed E-state index contributed by atoms with van der Waals surface area (Å²) in [5.74, 6) is 0. The van der Waals surface area contributed by atoms with E-state index in [2.05, 4.69) is 13.5 Å². The van der Waals surface area contributed by atoms with E-state index in [-0.39, 0.29) is 0 Å². The third kappa shape index (κ3) is 36.5. The lowest BCUT2D eigenvalue weighted by Gasteiger charge is -1.79. The minimum atomic E-state index is 1.11. The molecule has 0 N–H and O–H groups in total. The van der Waals surface area contributed by atoms with Crippen molar-refractivity contribution in [2.75, 3.05) is 0 Å². The van der Waals surface area contributed by atoms with Crippen molar-refractivity contribution in [2.24, 2.45) is 0 Å². The molecule has 0 unspecified atom stereocenters. The van der Waals surface area contributed by atoms with Crippen molar-refractivity contribution in [3.8, 4) is 0 Å². The van der Waals surface area contributed by atoms with Crippen LogP contribution >= 0.6 is 0 Å². The van der Waals surface area contributed by atoms with E-state index in [1.165, 1.54) is 5.57 Å². The largest absolute Gasteiger partial charge is 0.100 e. The van der Waals surface area contributed by atoms with Gasteiger partial charge in [0.25, 0.3) is 0 Å². The van der Waals surface area contributed by atoms with Crippen LogP contribution in [0, 0.1) is 0 Å². The van der Waals surface area contributed by atoms with Crippen molar-refractivity contribution in [3.63, 3.8) is 0 Å². The van der Waals surface area contributed by atoms with Crippen LogP contribution in [-0.4, -0.2) is 0 Å². The maximum absolute atomic E-state index is 3.67. The Kier molecular flexibility index (Phi) is 13.1. The third-order valence-corrected chi connectivity index (χ3v) is 0.937. The predicted octanol–water partition coefficient (Wildman–Crippen LogP) is 3.55. The van der Waals surface area contributed by atoms with Crippen LogP contribution in [-0.2, 0) is 0 Å². The van der Waals surface area contributed by atoms with Crippen molar-refractivity contribution < 1.29 is 0 Å². The van der Waals surface area contributed by atoms with Gasteiger partial charge in [0.2, 0.25) is 0 Å². The molecule has 9 heavy (non-hydrogen) atoms. The van der Waals surface area contributed by atoms with Gasteiger partial charge in [-0.15, -0.1) is 6.58 Å². The Balaban J connectivity index is 0. The zero-order valence-electron chi connectivity index (χ0n) is 7.07. The van der Waals surface area contributed by atoms with E-state index in [9.17, 15) is 0 Å². The summed E-state index contributed by atoms with van der Waals surface area (Å²) in [4.78, 5) is 0. The maximum Gasteiger partial charge on any atom is -0.0354 e. The molecule has 0 nitrogen and oxygen atoms in total. The van der Waals surface area contributed by atoms with Crippen molar-refractivity contribution in [1.82, 2.24) is 0 Å². The Labute approximate surface area is 59.3 Å². The lowest BCUT2D eigenvalue weighted by atomic mass is 10.3. The highest BCUT2D eigenvalue weighted by Gasteiger charge is 1.67. The van der Waals surface area contributed by atoms with Crippen molar-refractivity contribution in [1.29, 1.82) is 0 Å². The minimum Gasteiger partial charge on any atom is -0.100 e. The molecule has 0 atom stereocenters. The lowest BCUT2D eigenvalue weighted by molar-refractivity contribution is 1.11. The van der Waals surface area contributed by atoms with E-state index in [1.54, 1.807) is 0 Å². The van der Waals surface area contributed by atoms with Gasteiger partial charge in [-0.25, -0.2) is 0 Å². The summed E-state index contributed by atoms with van der Waals surface area (Å²) in [6.07, 6.45) is 5.11. The van der Waals surface area contributed by atoms with Gasteiger partial charge in [0.05, 0.1) is 0 Å². The van der Waals surface area contributed by atoms with Crippen LogP contribution in [0.15, 0.2) is 24.3 Å². The van der Waals surface area contributed by atoms with Crippen LogP contribution in [0.2, 0.25) is 0 Å². The van der Waals surface area contributed by atoms with Gasteiger partial charge in [-0.2, -0.15) is 0 Å². The Bertz CT molecular complexity index is 74.0. The average Bonchev–Trinajstić information content (AvgIpc) is 1.89. The number of rotatable bonds is 1. The molecule has 0 radical (unpaired) electrons. The molecule has 0 amide bonds. The van der Waals surface area contributed by atoms with Crippen molar-refractivity contribution in [2.45, 2.75) is 34.1 Å². The van der Waals surface area contributed by atoms with Gasteiger partial charge in [-0.3, -0.25) is 0 Å². The molecule has 0 rings (SSSR count). The maximum atomic E-state index is 3.67. The second-order valence-corrected chi connectivity index (χ2v) is 1.98. The van der Waals surface area contributed by atoms with E-state index in [4.69, 9.17) is 0 Å². The molecule has 0 aliphatic rings. The van der Waals surface area contributed by atoms with Crippen molar-refractivity contribution >= 4 is 0 Å². The fourth-order valence-electron chi connectivity index (χ4n) is 0. The van der Waals surface area contributed by atoms with Crippen LogP contribution < -0.4 is 0 Å². The highest BCUT2D eigenvalue weighted by Crippen LogP contribution is 1.88. The molecule has 0 heterocycles. The molecule has 0 bridgehead atoms. The fourth-order valence-corrected chi connectivity index (χ4v) is 0. The molecular formula is C9H18. The second kappa shape index (κ2) is 10.5. The monoisotopic (exact) mass is 126 g/mol. The smallest absolute Gasteiger partial charge is 0.0354 e. The molecule has 0 aromatic carbocycles. The summed E-state index contributed by atoms with van der Waals surface area (Å²) in [7, 11) is 0. The predicted molar refractivity (Wildman–Crippen MR) is 45.6 cm³/mol. The molecule has 0 saturated heterocycles. The lowest BCUT2D eigenvalue weighted by Crippen LogP contribution is -1.58. The first kappa shape index (κ1) is 11.3. The standard InChI is InChI=1S/C5H10.C4H8/c1-4-5(2)3;1-3-4-2/h2,4H2,1,3H3;3-4H,1-2H3/b;4-3-. The molecule has 0 spiro atoms. The molecule has 0 heteroatoms. The van der Waals surface area contributed by atoms with Crippen LogP contribution in [0.1, 0.15) is 34.1 Å². The van der Waals surface area contributed by atoms with Gasteiger partial charge in [0.1, 0.15) is 0 Å². The molecule has 0 fully saturated rings. The summed E-state index contributed by atoms with van der Waals surface area (Å²) in [6, 6.07) is 0. The van der Waals surface area contributed by atoms with E-state index >= 15 is 0 Å². The van der Waals surface area contributed by atoms with Crippen LogP contribution in [0.4, 0.5) is 0 Å². The van der Waals surface area contributed by atoms with Crippen LogP contribution in [0.25, 0.3) is 0 Å². The quantitative estimate of drug-likeness (QED) is 0.471. The summed E-state index contributed by atoms with van der Waals surface area (Å²) in [5, 5.41) is 0. The summed E-state index contributed by atoms with van der Waals surface area (Å²) in [5.41, 5.74) is 1.25. The van der Waals surface area contributed by atoms with Gasteiger partial charge in [-0.1, -0.05) is 24.6 Å². The van der Waals surface area contributed by atoms with Crippen molar-refractivity contribution in [3.05, 3.63) is 24.3 Å². The number of hydrogen-bond donors (Lipinski definition) is 0. The molecule has 0 aromatic rings. The summed E-state index contributed by atoms with van der Waals surface area (Å²) < 4.78 is 0. The van der Waals surface area contributed by atoms with Gasteiger partial charge in [-0.05, 0) is 27.2 Å². The average molecular weight is 126 g/mol. The molecule has 0 aliphatic heterocycles. The topological polar surface area (TPSA) is 0 Å².